The smallest absolute Gasteiger partial charge is 0.0788 e. The molecule has 138 valence electrons. The lowest BCUT2D eigenvalue weighted by Crippen LogP contribution is -2.36. The van der Waals surface area contributed by atoms with Crippen molar-refractivity contribution in [2.24, 2.45) is 5.92 Å². The van der Waals surface area contributed by atoms with Gasteiger partial charge in [-0.25, -0.2) is 0 Å². The molecule has 1 aliphatic rings. The third-order valence-electron chi connectivity index (χ3n) is 4.63. The molecule has 0 heterocycles. The molecule has 3 atom stereocenters. The van der Waals surface area contributed by atoms with Crippen molar-refractivity contribution in [1.29, 1.82) is 0 Å². The summed E-state index contributed by atoms with van der Waals surface area (Å²) in [4.78, 5) is 0. The SMILES string of the molecule is CC(C)CCC1(OC(C)COC(C)COC(C)CO)CCCC1. The summed E-state index contributed by atoms with van der Waals surface area (Å²) in [5.41, 5.74) is 0.0815. The van der Waals surface area contributed by atoms with Crippen molar-refractivity contribution in [3.8, 4) is 0 Å². The summed E-state index contributed by atoms with van der Waals surface area (Å²) in [6.45, 7) is 11.7. The van der Waals surface area contributed by atoms with E-state index in [1.165, 1.54) is 38.5 Å². The fourth-order valence-electron chi connectivity index (χ4n) is 3.16. The Balaban J connectivity index is 2.31. The summed E-state index contributed by atoms with van der Waals surface area (Å²) in [5, 5.41) is 8.96. The summed E-state index contributed by atoms with van der Waals surface area (Å²) in [6, 6.07) is 0. The van der Waals surface area contributed by atoms with Gasteiger partial charge in [0.15, 0.2) is 0 Å². The average molecular weight is 331 g/mol. The monoisotopic (exact) mass is 330 g/mol. The lowest BCUT2D eigenvalue weighted by atomic mass is 9.91. The van der Waals surface area contributed by atoms with Gasteiger partial charge in [-0.15, -0.1) is 0 Å². The second kappa shape index (κ2) is 10.7. The van der Waals surface area contributed by atoms with E-state index in [1.807, 2.05) is 13.8 Å². The van der Waals surface area contributed by atoms with Crippen LogP contribution >= 0.6 is 0 Å². The Bertz CT molecular complexity index is 300. The molecule has 3 unspecified atom stereocenters. The molecule has 1 aliphatic carbocycles. The van der Waals surface area contributed by atoms with E-state index in [2.05, 4.69) is 20.8 Å². The number of aliphatic hydroxyl groups is 1. The van der Waals surface area contributed by atoms with Crippen molar-refractivity contribution < 1.29 is 19.3 Å². The predicted octanol–water partition coefficient (Wildman–Crippen LogP) is 3.94. The van der Waals surface area contributed by atoms with Gasteiger partial charge < -0.3 is 19.3 Å². The van der Waals surface area contributed by atoms with Crippen molar-refractivity contribution >= 4 is 0 Å². The zero-order valence-electron chi connectivity index (χ0n) is 15.8. The number of hydrogen-bond donors (Lipinski definition) is 1. The van der Waals surface area contributed by atoms with E-state index in [0.29, 0.717) is 13.2 Å². The van der Waals surface area contributed by atoms with Crippen LogP contribution in [-0.4, -0.2) is 48.8 Å². The molecule has 1 rings (SSSR count). The summed E-state index contributed by atoms with van der Waals surface area (Å²) in [5.74, 6) is 0.730. The summed E-state index contributed by atoms with van der Waals surface area (Å²) in [6.07, 6.45) is 7.35. The predicted molar refractivity (Wildman–Crippen MR) is 93.7 cm³/mol. The molecule has 0 aromatic rings. The lowest BCUT2D eigenvalue weighted by molar-refractivity contribution is -0.130. The van der Waals surface area contributed by atoms with Crippen LogP contribution < -0.4 is 0 Å². The molecule has 23 heavy (non-hydrogen) atoms. The van der Waals surface area contributed by atoms with Crippen molar-refractivity contribution in [1.82, 2.24) is 0 Å². The third-order valence-corrected chi connectivity index (χ3v) is 4.63. The molecule has 4 nitrogen and oxygen atoms in total. The first-order chi connectivity index (χ1) is 10.9. The average Bonchev–Trinajstić information content (AvgIpc) is 2.97. The van der Waals surface area contributed by atoms with Crippen LogP contribution in [0.3, 0.4) is 0 Å². The minimum Gasteiger partial charge on any atom is -0.394 e. The van der Waals surface area contributed by atoms with E-state index in [9.17, 15) is 0 Å². The van der Waals surface area contributed by atoms with Crippen molar-refractivity contribution in [3.63, 3.8) is 0 Å². The topological polar surface area (TPSA) is 47.9 Å². The molecule has 0 amide bonds. The largest absolute Gasteiger partial charge is 0.394 e. The molecule has 0 saturated heterocycles. The Morgan fingerprint density at radius 3 is 2.00 bits per heavy atom. The van der Waals surface area contributed by atoms with E-state index in [-0.39, 0.29) is 30.5 Å². The fraction of sp³-hybridized carbons (Fsp3) is 1.00. The summed E-state index contributed by atoms with van der Waals surface area (Å²) < 4.78 is 17.8. The zero-order valence-corrected chi connectivity index (χ0v) is 15.8. The van der Waals surface area contributed by atoms with Crippen LogP contribution in [0.25, 0.3) is 0 Å². The maximum Gasteiger partial charge on any atom is 0.0788 e. The van der Waals surface area contributed by atoms with E-state index in [1.54, 1.807) is 0 Å². The van der Waals surface area contributed by atoms with E-state index < -0.39 is 0 Å². The highest BCUT2D eigenvalue weighted by Gasteiger charge is 2.36. The van der Waals surface area contributed by atoms with Gasteiger partial charge in [0, 0.05) is 0 Å². The van der Waals surface area contributed by atoms with Gasteiger partial charge in [0.2, 0.25) is 0 Å². The summed E-state index contributed by atoms with van der Waals surface area (Å²) in [7, 11) is 0. The molecular formula is C19H38O4. The van der Waals surface area contributed by atoms with Crippen LogP contribution in [0.1, 0.15) is 73.1 Å². The second-order valence-corrected chi connectivity index (χ2v) is 7.72. The van der Waals surface area contributed by atoms with Crippen LogP contribution in [0.4, 0.5) is 0 Å². The highest BCUT2D eigenvalue weighted by atomic mass is 16.6. The Morgan fingerprint density at radius 1 is 0.870 bits per heavy atom. The Morgan fingerprint density at radius 2 is 1.43 bits per heavy atom. The minimum atomic E-state index is -0.132. The Kier molecular flexibility index (Phi) is 9.67. The van der Waals surface area contributed by atoms with E-state index in [4.69, 9.17) is 19.3 Å². The van der Waals surface area contributed by atoms with Gasteiger partial charge in [0.25, 0.3) is 0 Å². The van der Waals surface area contributed by atoms with Gasteiger partial charge in [-0.3, -0.25) is 0 Å². The van der Waals surface area contributed by atoms with Gasteiger partial charge in [-0.05, 0) is 52.4 Å². The molecule has 0 spiro atoms. The van der Waals surface area contributed by atoms with Gasteiger partial charge >= 0.3 is 0 Å². The van der Waals surface area contributed by atoms with Gasteiger partial charge in [0.1, 0.15) is 0 Å². The lowest BCUT2D eigenvalue weighted by Gasteiger charge is -2.34. The number of aliphatic hydroxyl groups excluding tert-OH is 1. The number of rotatable bonds is 12. The quantitative estimate of drug-likeness (QED) is 0.589. The molecule has 0 aliphatic heterocycles. The normalized spacial score (nSPS) is 21.5. The van der Waals surface area contributed by atoms with Gasteiger partial charge in [-0.1, -0.05) is 26.7 Å². The molecule has 0 aromatic heterocycles. The van der Waals surface area contributed by atoms with E-state index in [0.717, 1.165) is 5.92 Å². The van der Waals surface area contributed by atoms with E-state index >= 15 is 0 Å². The first kappa shape index (κ1) is 20.9. The third kappa shape index (κ3) is 8.48. The highest BCUT2D eigenvalue weighted by Crippen LogP contribution is 2.38. The number of ether oxygens (including phenoxy) is 3. The second-order valence-electron chi connectivity index (χ2n) is 7.72. The molecule has 0 radical (unpaired) electrons. The maximum absolute atomic E-state index is 8.96. The highest BCUT2D eigenvalue weighted by molar-refractivity contribution is 4.87. The fourth-order valence-corrected chi connectivity index (χ4v) is 3.16. The van der Waals surface area contributed by atoms with Crippen LogP contribution in [0.15, 0.2) is 0 Å². The van der Waals surface area contributed by atoms with Crippen molar-refractivity contribution in [2.75, 3.05) is 19.8 Å². The summed E-state index contributed by atoms with van der Waals surface area (Å²) >= 11 is 0. The standard InChI is InChI=1S/C19H38O4/c1-15(2)8-11-19(9-6-7-10-19)23-18(5)14-22-17(4)13-21-16(3)12-20/h15-18,20H,6-14H2,1-5H3. The van der Waals surface area contributed by atoms with Crippen LogP contribution in [0.2, 0.25) is 0 Å². The van der Waals surface area contributed by atoms with Crippen LogP contribution in [-0.2, 0) is 14.2 Å². The maximum atomic E-state index is 8.96. The molecule has 1 fully saturated rings. The molecule has 0 aromatic carbocycles. The Labute approximate surface area is 142 Å². The number of hydrogen-bond acceptors (Lipinski definition) is 4. The van der Waals surface area contributed by atoms with Crippen molar-refractivity contribution in [2.45, 2.75) is 97.1 Å². The first-order valence-electron chi connectivity index (χ1n) is 9.39. The van der Waals surface area contributed by atoms with Gasteiger partial charge in [0.05, 0.1) is 43.7 Å². The molecule has 1 N–H and O–H groups in total. The molecule has 4 heteroatoms. The zero-order chi connectivity index (χ0) is 17.3. The minimum absolute atomic E-state index is 0.0187. The van der Waals surface area contributed by atoms with Crippen LogP contribution in [0, 0.1) is 5.92 Å². The molecule has 0 bridgehead atoms. The van der Waals surface area contributed by atoms with Crippen molar-refractivity contribution in [3.05, 3.63) is 0 Å². The van der Waals surface area contributed by atoms with Gasteiger partial charge in [-0.2, -0.15) is 0 Å². The van der Waals surface area contributed by atoms with Crippen LogP contribution in [0.5, 0.6) is 0 Å². The Hall–Kier alpha value is -0.160. The molecule has 1 saturated carbocycles. The molecular weight excluding hydrogens is 292 g/mol. The first-order valence-corrected chi connectivity index (χ1v) is 9.39.